The second-order valence-electron chi connectivity index (χ2n) is 7.38. The lowest BCUT2D eigenvalue weighted by molar-refractivity contribution is 0.00506. The molecule has 118 valence electrons. The van der Waals surface area contributed by atoms with Gasteiger partial charge >= 0.3 is 0 Å². The van der Waals surface area contributed by atoms with E-state index in [0.29, 0.717) is 6.04 Å². The molecule has 1 N–H and O–H groups in total. The van der Waals surface area contributed by atoms with Crippen molar-refractivity contribution in [2.75, 3.05) is 33.4 Å². The maximum atomic E-state index is 5.33. The third-order valence-electron chi connectivity index (χ3n) is 4.80. The minimum absolute atomic E-state index is 0.0293. The van der Waals surface area contributed by atoms with Crippen LogP contribution < -0.4 is 5.32 Å². The monoisotopic (exact) mass is 290 g/mol. The van der Waals surface area contributed by atoms with Gasteiger partial charge in [-0.2, -0.15) is 0 Å². The third kappa shape index (κ3) is 3.65. The summed E-state index contributed by atoms with van der Waals surface area (Å²) in [6.07, 6.45) is 0. The summed E-state index contributed by atoms with van der Waals surface area (Å²) in [4.78, 5) is 2.58. The van der Waals surface area contributed by atoms with Gasteiger partial charge in [-0.05, 0) is 17.9 Å². The van der Waals surface area contributed by atoms with Crippen LogP contribution in [0.1, 0.15) is 33.3 Å². The maximum absolute atomic E-state index is 5.33. The zero-order chi connectivity index (χ0) is 15.5. The SMILES string of the molecule is COCCN1CC(C(C)(C)C)NCC1(C)c1ccccc1. The van der Waals surface area contributed by atoms with Crippen LogP contribution in [0.15, 0.2) is 30.3 Å². The van der Waals surface area contributed by atoms with E-state index < -0.39 is 0 Å². The molecule has 1 aromatic rings. The molecule has 1 aliphatic heterocycles. The van der Waals surface area contributed by atoms with Gasteiger partial charge in [-0.1, -0.05) is 51.1 Å². The Morgan fingerprint density at radius 2 is 1.95 bits per heavy atom. The topological polar surface area (TPSA) is 24.5 Å². The van der Waals surface area contributed by atoms with E-state index in [1.807, 2.05) is 0 Å². The first-order valence-electron chi connectivity index (χ1n) is 7.91. The van der Waals surface area contributed by atoms with Crippen LogP contribution in [-0.2, 0) is 10.3 Å². The molecule has 1 aliphatic rings. The average molecular weight is 290 g/mol. The van der Waals surface area contributed by atoms with Crippen LogP contribution in [0, 0.1) is 5.41 Å². The minimum atomic E-state index is 0.0293. The van der Waals surface area contributed by atoms with Gasteiger partial charge in [0.1, 0.15) is 0 Å². The summed E-state index contributed by atoms with van der Waals surface area (Å²) in [7, 11) is 1.78. The van der Waals surface area contributed by atoms with E-state index in [1.165, 1.54) is 5.56 Å². The molecular weight excluding hydrogens is 260 g/mol. The lowest BCUT2D eigenvalue weighted by Gasteiger charge is -2.51. The molecule has 2 unspecified atom stereocenters. The van der Waals surface area contributed by atoms with Crippen molar-refractivity contribution in [2.24, 2.45) is 5.41 Å². The Kier molecular flexibility index (Phi) is 5.07. The molecule has 0 aromatic heterocycles. The molecule has 0 saturated carbocycles. The summed E-state index contributed by atoms with van der Waals surface area (Å²) in [5.74, 6) is 0. The Morgan fingerprint density at radius 1 is 1.29 bits per heavy atom. The largest absolute Gasteiger partial charge is 0.383 e. The molecule has 3 nitrogen and oxygen atoms in total. The first-order valence-corrected chi connectivity index (χ1v) is 7.91. The smallest absolute Gasteiger partial charge is 0.0590 e. The summed E-state index contributed by atoms with van der Waals surface area (Å²) in [5, 5.41) is 3.77. The first-order chi connectivity index (χ1) is 9.88. The van der Waals surface area contributed by atoms with Gasteiger partial charge in [0.05, 0.1) is 12.1 Å². The Labute approximate surface area is 129 Å². The third-order valence-corrected chi connectivity index (χ3v) is 4.80. The van der Waals surface area contributed by atoms with E-state index in [2.05, 4.69) is 68.2 Å². The summed E-state index contributed by atoms with van der Waals surface area (Å²) < 4.78 is 5.33. The van der Waals surface area contributed by atoms with Crippen molar-refractivity contribution in [1.29, 1.82) is 0 Å². The van der Waals surface area contributed by atoms with Crippen LogP contribution in [0.25, 0.3) is 0 Å². The van der Waals surface area contributed by atoms with Gasteiger partial charge in [0.2, 0.25) is 0 Å². The molecule has 2 rings (SSSR count). The van der Waals surface area contributed by atoms with Gasteiger partial charge in [0.25, 0.3) is 0 Å². The van der Waals surface area contributed by atoms with Crippen LogP contribution in [0.5, 0.6) is 0 Å². The zero-order valence-corrected chi connectivity index (χ0v) is 14.1. The molecule has 3 heteroatoms. The first kappa shape index (κ1) is 16.5. The molecule has 0 aliphatic carbocycles. The number of nitrogens with zero attached hydrogens (tertiary/aromatic N) is 1. The van der Waals surface area contributed by atoms with Gasteiger partial charge in [-0.25, -0.2) is 0 Å². The van der Waals surface area contributed by atoms with Gasteiger partial charge in [0.15, 0.2) is 0 Å². The molecule has 2 atom stereocenters. The molecular formula is C18H30N2O. The zero-order valence-electron chi connectivity index (χ0n) is 14.1. The standard InChI is InChI=1S/C18H30N2O/c1-17(2,3)16-13-20(11-12-21-5)18(4,14-19-16)15-9-7-6-8-10-15/h6-10,16,19H,11-14H2,1-5H3. The molecule has 1 heterocycles. The highest BCUT2D eigenvalue weighted by atomic mass is 16.5. The van der Waals surface area contributed by atoms with Crippen molar-refractivity contribution in [3.63, 3.8) is 0 Å². The van der Waals surface area contributed by atoms with Crippen molar-refractivity contribution in [2.45, 2.75) is 39.3 Å². The fourth-order valence-electron chi connectivity index (χ4n) is 3.12. The van der Waals surface area contributed by atoms with Gasteiger partial charge in [0, 0.05) is 32.8 Å². The van der Waals surface area contributed by atoms with Crippen LogP contribution in [0.2, 0.25) is 0 Å². The predicted octanol–water partition coefficient (Wildman–Crippen LogP) is 2.87. The average Bonchev–Trinajstić information content (AvgIpc) is 2.46. The van der Waals surface area contributed by atoms with Crippen molar-refractivity contribution in [1.82, 2.24) is 10.2 Å². The molecule has 21 heavy (non-hydrogen) atoms. The number of hydrogen-bond acceptors (Lipinski definition) is 3. The highest BCUT2D eigenvalue weighted by Crippen LogP contribution is 2.34. The molecule has 0 amide bonds. The van der Waals surface area contributed by atoms with Crippen molar-refractivity contribution in [3.05, 3.63) is 35.9 Å². The molecule has 0 bridgehead atoms. The highest BCUT2D eigenvalue weighted by Gasteiger charge is 2.41. The summed E-state index contributed by atoms with van der Waals surface area (Å²) in [6.45, 7) is 13.0. The van der Waals surface area contributed by atoms with E-state index in [9.17, 15) is 0 Å². The number of benzene rings is 1. The number of rotatable bonds is 4. The van der Waals surface area contributed by atoms with Crippen molar-refractivity contribution < 1.29 is 4.74 Å². The van der Waals surface area contributed by atoms with E-state index in [-0.39, 0.29) is 11.0 Å². The predicted molar refractivity (Wildman–Crippen MR) is 88.5 cm³/mol. The quantitative estimate of drug-likeness (QED) is 0.923. The van der Waals surface area contributed by atoms with E-state index in [0.717, 1.165) is 26.2 Å². The number of hydrogen-bond donors (Lipinski definition) is 1. The minimum Gasteiger partial charge on any atom is -0.383 e. The number of piperazine rings is 1. The Bertz CT molecular complexity index is 440. The van der Waals surface area contributed by atoms with Crippen LogP contribution in [-0.4, -0.2) is 44.3 Å². The Hall–Kier alpha value is -0.900. The van der Waals surface area contributed by atoms with Gasteiger partial charge in [-0.3, -0.25) is 4.90 Å². The Balaban J connectivity index is 2.24. The second-order valence-corrected chi connectivity index (χ2v) is 7.38. The summed E-state index contributed by atoms with van der Waals surface area (Å²) in [6, 6.07) is 11.3. The normalized spacial score (nSPS) is 27.8. The van der Waals surface area contributed by atoms with E-state index >= 15 is 0 Å². The van der Waals surface area contributed by atoms with E-state index in [4.69, 9.17) is 4.74 Å². The van der Waals surface area contributed by atoms with Crippen molar-refractivity contribution in [3.8, 4) is 0 Å². The summed E-state index contributed by atoms with van der Waals surface area (Å²) >= 11 is 0. The lowest BCUT2D eigenvalue weighted by atomic mass is 9.80. The molecule has 0 radical (unpaired) electrons. The fourth-order valence-corrected chi connectivity index (χ4v) is 3.12. The maximum Gasteiger partial charge on any atom is 0.0590 e. The second kappa shape index (κ2) is 6.47. The lowest BCUT2D eigenvalue weighted by Crippen LogP contribution is -2.64. The molecule has 0 spiro atoms. The van der Waals surface area contributed by atoms with Crippen LogP contribution in [0.3, 0.4) is 0 Å². The number of methoxy groups -OCH3 is 1. The summed E-state index contributed by atoms with van der Waals surface area (Å²) in [5.41, 5.74) is 1.67. The van der Waals surface area contributed by atoms with Gasteiger partial charge in [-0.15, -0.1) is 0 Å². The van der Waals surface area contributed by atoms with Crippen LogP contribution >= 0.6 is 0 Å². The van der Waals surface area contributed by atoms with Crippen LogP contribution in [0.4, 0.5) is 0 Å². The van der Waals surface area contributed by atoms with Gasteiger partial charge < -0.3 is 10.1 Å². The van der Waals surface area contributed by atoms with Crippen molar-refractivity contribution >= 4 is 0 Å². The number of nitrogens with one attached hydrogen (secondary N) is 1. The molecule has 1 saturated heterocycles. The van der Waals surface area contributed by atoms with E-state index in [1.54, 1.807) is 7.11 Å². The number of ether oxygens (including phenoxy) is 1. The Morgan fingerprint density at radius 3 is 2.52 bits per heavy atom. The highest BCUT2D eigenvalue weighted by molar-refractivity contribution is 5.25. The molecule has 1 fully saturated rings. The molecule has 1 aromatic carbocycles. The fraction of sp³-hybridized carbons (Fsp3) is 0.667.